The maximum absolute atomic E-state index is 15.0. The molecule has 5 heteroatoms. The molecule has 2 amide bonds. The average molecular weight is 793 g/mol. The summed E-state index contributed by atoms with van der Waals surface area (Å²) in [7, 11) is 0. The summed E-state index contributed by atoms with van der Waals surface area (Å²) in [6.45, 7) is 15.0. The van der Waals surface area contributed by atoms with Gasteiger partial charge in [0.25, 0.3) is 11.8 Å². The topological polar surface area (TPSA) is 40.6 Å². The maximum Gasteiger partial charge on any atom is 0.259 e. The molecule has 0 aliphatic carbocycles. The van der Waals surface area contributed by atoms with E-state index in [0.29, 0.717) is 36.1 Å². The normalized spacial score (nSPS) is 16.2. The second-order valence-electron chi connectivity index (χ2n) is 17.3. The Labute approximate surface area is 351 Å². The minimum Gasteiger partial charge on any atom is -0.307 e. The molecule has 1 aromatic heterocycles. The van der Waals surface area contributed by atoms with Gasteiger partial charge in [-0.05, 0) is 84.6 Å². The van der Waals surface area contributed by atoms with Gasteiger partial charge in [0, 0.05) is 29.1 Å². The van der Waals surface area contributed by atoms with Gasteiger partial charge in [-0.25, -0.2) is 0 Å². The van der Waals surface area contributed by atoms with Crippen molar-refractivity contribution in [1.82, 2.24) is 0 Å². The molecule has 0 saturated heterocycles. The number of fused-ring (bicyclic) bond motifs is 2. The van der Waals surface area contributed by atoms with Gasteiger partial charge < -0.3 is 9.80 Å². The van der Waals surface area contributed by atoms with Gasteiger partial charge in [-0.2, -0.15) is 0 Å². The van der Waals surface area contributed by atoms with E-state index in [-0.39, 0.29) is 11.8 Å². The summed E-state index contributed by atoms with van der Waals surface area (Å²) in [5, 5.41) is 2.45. The summed E-state index contributed by atoms with van der Waals surface area (Å²) in [5.74, 6) is 0.833. The van der Waals surface area contributed by atoms with Crippen molar-refractivity contribution in [3.05, 3.63) is 70.1 Å². The highest BCUT2D eigenvalue weighted by Gasteiger charge is 2.43. The number of amides is 2. The monoisotopic (exact) mass is 793 g/mol. The number of hydrogen-bond acceptors (Lipinski definition) is 3. The van der Waals surface area contributed by atoms with Crippen molar-refractivity contribution < 1.29 is 9.59 Å². The van der Waals surface area contributed by atoms with Crippen LogP contribution in [-0.4, -0.2) is 24.9 Å². The van der Waals surface area contributed by atoms with Crippen LogP contribution in [0.15, 0.2) is 47.8 Å². The quantitative estimate of drug-likeness (QED) is 0.0570. The molecule has 5 rings (SSSR count). The van der Waals surface area contributed by atoms with Crippen LogP contribution in [0.3, 0.4) is 0 Å². The SMILES string of the molecule is CCCCCCCCc1csc(-c2ccc3c(c2)N(CC(CC)CCCC)C(=O)/C3=C2/C(=O)N(CC(CC)CCCC)c3ccccc32)c1CCCCCCCC. The van der Waals surface area contributed by atoms with E-state index in [4.69, 9.17) is 0 Å². The first-order valence-corrected chi connectivity index (χ1v) is 24.5. The Kier molecular flexibility index (Phi) is 18.5. The van der Waals surface area contributed by atoms with Crippen LogP contribution < -0.4 is 9.80 Å². The number of para-hydroxylation sites is 1. The summed E-state index contributed by atoms with van der Waals surface area (Å²) in [6, 6.07) is 15.0. The van der Waals surface area contributed by atoms with Crippen molar-refractivity contribution in [2.75, 3.05) is 22.9 Å². The van der Waals surface area contributed by atoms with Crippen LogP contribution in [-0.2, 0) is 22.4 Å². The molecule has 0 N–H and O–H groups in total. The molecule has 2 aromatic carbocycles. The number of unbranched alkanes of at least 4 members (excludes halogenated alkanes) is 12. The van der Waals surface area contributed by atoms with E-state index < -0.39 is 0 Å². The van der Waals surface area contributed by atoms with Crippen molar-refractivity contribution in [2.45, 2.75) is 183 Å². The van der Waals surface area contributed by atoms with E-state index in [0.717, 1.165) is 80.3 Å². The molecule has 312 valence electrons. The zero-order valence-electron chi connectivity index (χ0n) is 36.9. The van der Waals surface area contributed by atoms with Crippen LogP contribution in [0, 0.1) is 11.8 Å². The Morgan fingerprint density at radius 1 is 0.544 bits per heavy atom. The molecule has 3 heterocycles. The van der Waals surface area contributed by atoms with Gasteiger partial charge in [0.05, 0.1) is 22.5 Å². The Morgan fingerprint density at radius 3 is 1.63 bits per heavy atom. The largest absolute Gasteiger partial charge is 0.307 e. The van der Waals surface area contributed by atoms with Gasteiger partial charge >= 0.3 is 0 Å². The minimum absolute atomic E-state index is 0.00243. The lowest BCUT2D eigenvalue weighted by Gasteiger charge is -2.24. The summed E-state index contributed by atoms with van der Waals surface area (Å²) in [5.41, 5.74) is 9.28. The molecular weight excluding hydrogens is 717 g/mol. The fraction of sp³-hybridized carbons (Fsp3) is 0.615. The Morgan fingerprint density at radius 2 is 1.05 bits per heavy atom. The van der Waals surface area contributed by atoms with Gasteiger partial charge in [0.2, 0.25) is 0 Å². The average Bonchev–Trinajstić information content (AvgIpc) is 3.85. The molecule has 2 aliphatic rings. The molecule has 2 atom stereocenters. The third-order valence-electron chi connectivity index (χ3n) is 13.0. The zero-order valence-corrected chi connectivity index (χ0v) is 37.7. The highest BCUT2D eigenvalue weighted by atomic mass is 32.1. The van der Waals surface area contributed by atoms with E-state index in [1.54, 1.807) is 5.56 Å². The third kappa shape index (κ3) is 11.3. The summed E-state index contributed by atoms with van der Waals surface area (Å²) in [6.07, 6.45) is 26.9. The second kappa shape index (κ2) is 23.4. The molecule has 0 radical (unpaired) electrons. The van der Waals surface area contributed by atoms with Crippen molar-refractivity contribution >= 4 is 45.7 Å². The molecule has 4 nitrogen and oxygen atoms in total. The lowest BCUT2D eigenvalue weighted by Crippen LogP contribution is -2.34. The Bertz CT molecular complexity index is 1750. The highest BCUT2D eigenvalue weighted by molar-refractivity contribution is 7.14. The van der Waals surface area contributed by atoms with Crippen molar-refractivity contribution in [2.24, 2.45) is 11.8 Å². The van der Waals surface area contributed by atoms with Crippen LogP contribution >= 0.6 is 11.3 Å². The van der Waals surface area contributed by atoms with E-state index in [1.807, 2.05) is 28.4 Å². The molecule has 2 aliphatic heterocycles. The number of carbonyl (C=O) groups is 2. The van der Waals surface area contributed by atoms with Gasteiger partial charge in [-0.15, -0.1) is 11.3 Å². The third-order valence-corrected chi connectivity index (χ3v) is 14.1. The first kappa shape index (κ1) is 44.9. The standard InChI is InChI=1S/C52H76N2O2S/c1-7-13-17-19-21-23-29-42-38-57-50(43(42)30-24-22-20-18-14-8-2)41-33-34-45-47(35-41)54(37-40(12-6)28-16-10-4)52(56)49(45)48-44-31-25-26-32-46(44)53(51(48)55)36-39(11-5)27-15-9-3/h25-26,31-35,38-40H,7-24,27-30,36-37H2,1-6H3/b49-48+. The molecule has 0 spiro atoms. The molecular formula is C52H76N2O2S. The fourth-order valence-electron chi connectivity index (χ4n) is 9.27. The van der Waals surface area contributed by atoms with Crippen LogP contribution in [0.5, 0.6) is 0 Å². The Hall–Kier alpha value is -3.18. The van der Waals surface area contributed by atoms with Gasteiger partial charge in [-0.1, -0.05) is 175 Å². The number of carbonyl (C=O) groups excluding carboxylic acids is 2. The fourth-order valence-corrected chi connectivity index (χ4v) is 10.4. The first-order chi connectivity index (χ1) is 27.9. The van der Waals surface area contributed by atoms with E-state index in [1.165, 1.54) is 99.5 Å². The number of hydrogen-bond donors (Lipinski definition) is 0. The van der Waals surface area contributed by atoms with Crippen molar-refractivity contribution in [3.8, 4) is 10.4 Å². The van der Waals surface area contributed by atoms with Crippen molar-refractivity contribution in [3.63, 3.8) is 0 Å². The van der Waals surface area contributed by atoms with Crippen LogP contribution in [0.2, 0.25) is 0 Å². The van der Waals surface area contributed by atoms with E-state index >= 15 is 4.79 Å². The molecule has 0 bridgehead atoms. The predicted octanol–water partition coefficient (Wildman–Crippen LogP) is 15.3. The molecule has 57 heavy (non-hydrogen) atoms. The zero-order chi connectivity index (χ0) is 40.6. The first-order valence-electron chi connectivity index (χ1n) is 23.6. The lowest BCUT2D eigenvalue weighted by atomic mass is 9.93. The molecule has 3 aromatic rings. The summed E-state index contributed by atoms with van der Waals surface area (Å²) in [4.78, 5) is 35.2. The van der Waals surface area contributed by atoms with Gasteiger partial charge in [-0.3, -0.25) is 9.59 Å². The van der Waals surface area contributed by atoms with E-state index in [9.17, 15) is 4.79 Å². The number of rotatable bonds is 27. The number of nitrogens with zero attached hydrogens (tertiary/aromatic N) is 2. The maximum atomic E-state index is 15.0. The summed E-state index contributed by atoms with van der Waals surface area (Å²) >= 11 is 1.90. The number of benzene rings is 2. The number of thiophene rings is 1. The van der Waals surface area contributed by atoms with Crippen LogP contribution in [0.4, 0.5) is 11.4 Å². The second-order valence-corrected chi connectivity index (χ2v) is 18.1. The minimum atomic E-state index is -0.0109. The lowest BCUT2D eigenvalue weighted by molar-refractivity contribution is -0.114. The van der Waals surface area contributed by atoms with E-state index in [2.05, 4.69) is 82.2 Å². The number of anilines is 2. The molecule has 0 fully saturated rings. The molecule has 0 saturated carbocycles. The predicted molar refractivity (Wildman–Crippen MR) is 248 cm³/mol. The van der Waals surface area contributed by atoms with Gasteiger partial charge in [0.15, 0.2) is 0 Å². The van der Waals surface area contributed by atoms with Crippen molar-refractivity contribution in [1.29, 1.82) is 0 Å². The smallest absolute Gasteiger partial charge is 0.259 e. The summed E-state index contributed by atoms with van der Waals surface area (Å²) < 4.78 is 0. The highest BCUT2D eigenvalue weighted by Crippen LogP contribution is 2.49. The number of aryl methyl sites for hydroxylation is 1. The Balaban J connectivity index is 1.55. The molecule has 2 unspecified atom stereocenters. The van der Waals surface area contributed by atoms with Gasteiger partial charge in [0.1, 0.15) is 0 Å². The van der Waals surface area contributed by atoms with Crippen LogP contribution in [0.25, 0.3) is 21.6 Å². The van der Waals surface area contributed by atoms with Crippen LogP contribution in [0.1, 0.15) is 192 Å².